The van der Waals surface area contributed by atoms with E-state index in [0.717, 1.165) is 10.8 Å². The van der Waals surface area contributed by atoms with Crippen LogP contribution in [0.25, 0.3) is 10.8 Å². The molecule has 0 bridgehead atoms. The average molecular weight is 403 g/mol. The summed E-state index contributed by atoms with van der Waals surface area (Å²) < 4.78 is 5.09. The van der Waals surface area contributed by atoms with Crippen molar-refractivity contribution in [1.82, 2.24) is 4.98 Å². The zero-order valence-corrected chi connectivity index (χ0v) is 16.3. The van der Waals surface area contributed by atoms with E-state index in [-0.39, 0.29) is 17.5 Å². The Morgan fingerprint density at radius 3 is 2.45 bits per heavy atom. The Labute approximate surface area is 171 Å². The maximum Gasteiger partial charge on any atom is 0.275 e. The monoisotopic (exact) mass is 403 g/mol. The van der Waals surface area contributed by atoms with E-state index in [1.54, 1.807) is 36.8 Å². The van der Waals surface area contributed by atoms with Crippen molar-refractivity contribution in [3.8, 4) is 5.75 Å². The maximum absolute atomic E-state index is 12.6. The van der Waals surface area contributed by atoms with Gasteiger partial charge in [-0.25, -0.2) is 4.98 Å². The summed E-state index contributed by atoms with van der Waals surface area (Å²) in [5.74, 6) is 0.0359. The van der Waals surface area contributed by atoms with Crippen LogP contribution in [0.4, 0.5) is 10.8 Å². The molecule has 4 aromatic rings. The lowest BCUT2D eigenvalue weighted by molar-refractivity contribution is 0.101. The summed E-state index contributed by atoms with van der Waals surface area (Å²) in [7, 11) is 1.56. The number of thiazole rings is 1. The smallest absolute Gasteiger partial charge is 0.275 e. The molecule has 0 unspecified atom stereocenters. The first-order chi connectivity index (χ1) is 14.1. The molecule has 4 rings (SSSR count). The van der Waals surface area contributed by atoms with E-state index in [4.69, 9.17) is 4.74 Å². The minimum Gasteiger partial charge on any atom is -0.497 e. The second-order valence-corrected chi connectivity index (χ2v) is 7.06. The predicted octanol–water partition coefficient (Wildman–Crippen LogP) is 4.81. The van der Waals surface area contributed by atoms with E-state index in [2.05, 4.69) is 15.6 Å². The summed E-state index contributed by atoms with van der Waals surface area (Å²) in [6, 6.07) is 20.3. The van der Waals surface area contributed by atoms with Crippen LogP contribution in [-0.2, 0) is 0 Å². The van der Waals surface area contributed by atoms with Crippen LogP contribution < -0.4 is 15.4 Å². The number of aromatic nitrogens is 1. The zero-order chi connectivity index (χ0) is 20.2. The highest BCUT2D eigenvalue weighted by Crippen LogP contribution is 2.24. The molecule has 0 spiro atoms. The number of ether oxygens (including phenoxy) is 1. The Kier molecular flexibility index (Phi) is 5.22. The number of hydrogen-bond donors (Lipinski definition) is 2. The summed E-state index contributed by atoms with van der Waals surface area (Å²) in [6.45, 7) is 0. The van der Waals surface area contributed by atoms with Gasteiger partial charge >= 0.3 is 0 Å². The van der Waals surface area contributed by atoms with Gasteiger partial charge in [-0.1, -0.05) is 36.4 Å². The number of carbonyl (C=O) groups is 2. The van der Waals surface area contributed by atoms with Crippen molar-refractivity contribution in [1.29, 1.82) is 0 Å². The molecule has 0 saturated heterocycles. The quantitative estimate of drug-likeness (QED) is 0.501. The third kappa shape index (κ3) is 4.09. The summed E-state index contributed by atoms with van der Waals surface area (Å²) in [5, 5.41) is 9.56. The fourth-order valence-electron chi connectivity index (χ4n) is 2.87. The van der Waals surface area contributed by atoms with Crippen LogP contribution in [0.1, 0.15) is 20.8 Å². The van der Waals surface area contributed by atoms with Crippen molar-refractivity contribution in [2.75, 3.05) is 17.7 Å². The van der Waals surface area contributed by atoms with Crippen molar-refractivity contribution in [2.45, 2.75) is 0 Å². The molecule has 1 aromatic heterocycles. The van der Waals surface area contributed by atoms with Crippen LogP contribution in [0, 0.1) is 0 Å². The second-order valence-electron chi connectivity index (χ2n) is 6.20. The van der Waals surface area contributed by atoms with Crippen LogP contribution in [0.5, 0.6) is 5.75 Å². The van der Waals surface area contributed by atoms with Gasteiger partial charge in [-0.05, 0) is 35.7 Å². The van der Waals surface area contributed by atoms with Crippen molar-refractivity contribution < 1.29 is 14.3 Å². The lowest BCUT2D eigenvalue weighted by Crippen LogP contribution is -2.14. The molecular formula is C22H17N3O3S. The third-order valence-electron chi connectivity index (χ3n) is 4.35. The Balaban J connectivity index is 1.46. The van der Waals surface area contributed by atoms with Crippen LogP contribution in [0.3, 0.4) is 0 Å². The highest BCUT2D eigenvalue weighted by molar-refractivity contribution is 7.14. The van der Waals surface area contributed by atoms with Gasteiger partial charge in [-0.3, -0.25) is 14.9 Å². The normalized spacial score (nSPS) is 10.5. The lowest BCUT2D eigenvalue weighted by Gasteiger charge is -2.07. The first-order valence-corrected chi connectivity index (χ1v) is 9.72. The van der Waals surface area contributed by atoms with Gasteiger partial charge in [0.25, 0.3) is 11.8 Å². The number of nitrogens with one attached hydrogen (secondary N) is 2. The van der Waals surface area contributed by atoms with Gasteiger partial charge in [-0.15, -0.1) is 11.3 Å². The predicted molar refractivity (Wildman–Crippen MR) is 115 cm³/mol. The Bertz CT molecular complexity index is 1180. The van der Waals surface area contributed by atoms with Crippen LogP contribution in [0.2, 0.25) is 0 Å². The summed E-state index contributed by atoms with van der Waals surface area (Å²) in [6.07, 6.45) is 0. The van der Waals surface area contributed by atoms with Gasteiger partial charge in [0.15, 0.2) is 5.13 Å². The van der Waals surface area contributed by atoms with Crippen molar-refractivity contribution in [3.63, 3.8) is 0 Å². The molecule has 0 aliphatic rings. The molecule has 2 amide bonds. The van der Waals surface area contributed by atoms with E-state index in [0.29, 0.717) is 22.1 Å². The largest absolute Gasteiger partial charge is 0.497 e. The molecule has 144 valence electrons. The second kappa shape index (κ2) is 8.12. The fourth-order valence-corrected chi connectivity index (χ4v) is 3.55. The van der Waals surface area contributed by atoms with Gasteiger partial charge in [-0.2, -0.15) is 0 Å². The zero-order valence-electron chi connectivity index (χ0n) is 15.5. The molecule has 0 atom stereocenters. The third-order valence-corrected chi connectivity index (χ3v) is 5.11. The molecule has 2 N–H and O–H groups in total. The van der Waals surface area contributed by atoms with Gasteiger partial charge in [0, 0.05) is 22.0 Å². The molecule has 1 heterocycles. The fraction of sp³-hybridized carbons (Fsp3) is 0.0455. The molecule has 0 aliphatic heterocycles. The number of carbonyl (C=O) groups excluding carboxylic acids is 2. The number of benzene rings is 3. The number of amides is 2. The van der Waals surface area contributed by atoms with E-state index in [1.807, 2.05) is 42.5 Å². The van der Waals surface area contributed by atoms with E-state index < -0.39 is 0 Å². The topological polar surface area (TPSA) is 80.3 Å². The van der Waals surface area contributed by atoms with Crippen molar-refractivity contribution >= 4 is 44.7 Å². The standard InChI is InChI=1S/C22H17N3O3S/c1-28-16-11-9-15(10-12-16)20(26)25-22-24-19(13-29-22)21(27)23-18-8-4-6-14-5-2-3-7-17(14)18/h2-13H,1H3,(H,23,27)(H,24,25,26). The molecule has 0 aliphatic carbocycles. The van der Waals surface area contributed by atoms with E-state index >= 15 is 0 Å². The number of nitrogens with zero attached hydrogens (tertiary/aromatic N) is 1. The molecule has 6 nitrogen and oxygen atoms in total. The highest BCUT2D eigenvalue weighted by atomic mass is 32.1. The maximum atomic E-state index is 12.6. The Hall–Kier alpha value is -3.71. The number of hydrogen-bond acceptors (Lipinski definition) is 5. The summed E-state index contributed by atoms with van der Waals surface area (Å²) in [4.78, 5) is 29.2. The first-order valence-electron chi connectivity index (χ1n) is 8.84. The van der Waals surface area contributed by atoms with E-state index in [9.17, 15) is 9.59 Å². The molecule has 3 aromatic carbocycles. The molecule has 0 radical (unpaired) electrons. The van der Waals surface area contributed by atoms with Gasteiger partial charge in [0.2, 0.25) is 0 Å². The Morgan fingerprint density at radius 2 is 1.66 bits per heavy atom. The Morgan fingerprint density at radius 1 is 0.897 bits per heavy atom. The first kappa shape index (κ1) is 18.6. The lowest BCUT2D eigenvalue weighted by atomic mass is 10.1. The van der Waals surface area contributed by atoms with Crippen LogP contribution in [0.15, 0.2) is 72.1 Å². The van der Waals surface area contributed by atoms with Crippen LogP contribution >= 0.6 is 11.3 Å². The SMILES string of the molecule is COc1ccc(C(=O)Nc2nc(C(=O)Nc3cccc4ccccc34)cs2)cc1. The van der Waals surface area contributed by atoms with Crippen molar-refractivity contribution in [2.24, 2.45) is 0 Å². The summed E-state index contributed by atoms with van der Waals surface area (Å²) in [5.41, 5.74) is 1.43. The molecule has 29 heavy (non-hydrogen) atoms. The molecular weight excluding hydrogens is 386 g/mol. The average Bonchev–Trinajstić information content (AvgIpc) is 3.22. The molecule has 0 saturated carbocycles. The van der Waals surface area contributed by atoms with Gasteiger partial charge in [0.1, 0.15) is 11.4 Å². The molecule has 0 fully saturated rings. The van der Waals surface area contributed by atoms with Gasteiger partial charge < -0.3 is 10.1 Å². The molecule has 7 heteroatoms. The number of rotatable bonds is 5. The van der Waals surface area contributed by atoms with Crippen molar-refractivity contribution in [3.05, 3.63) is 83.4 Å². The minimum atomic E-state index is -0.331. The number of anilines is 2. The number of methoxy groups -OCH3 is 1. The summed E-state index contributed by atoms with van der Waals surface area (Å²) >= 11 is 1.19. The highest BCUT2D eigenvalue weighted by Gasteiger charge is 2.14. The minimum absolute atomic E-state index is 0.243. The van der Waals surface area contributed by atoms with Crippen LogP contribution in [-0.4, -0.2) is 23.9 Å². The van der Waals surface area contributed by atoms with Gasteiger partial charge in [0.05, 0.1) is 7.11 Å². The van der Waals surface area contributed by atoms with E-state index in [1.165, 1.54) is 11.3 Å². The number of fused-ring (bicyclic) bond motifs is 1.